The van der Waals surface area contributed by atoms with Gasteiger partial charge in [-0.25, -0.2) is 0 Å². The van der Waals surface area contributed by atoms with E-state index in [0.717, 1.165) is 5.92 Å². The van der Waals surface area contributed by atoms with Gasteiger partial charge in [-0.15, -0.1) is 0 Å². The van der Waals surface area contributed by atoms with Crippen LogP contribution in [0.5, 0.6) is 0 Å². The van der Waals surface area contributed by atoms with Crippen LogP contribution in [-0.2, 0) is 4.74 Å². The molecule has 118 valence electrons. The molecule has 0 amide bonds. The Labute approximate surface area is 127 Å². The van der Waals surface area contributed by atoms with E-state index in [-0.39, 0.29) is 0 Å². The SMILES string of the molecule is CCCCCCCCCC[C@@H]1O[C@@H]1/C=C\CCC(C)C. The van der Waals surface area contributed by atoms with E-state index in [1.165, 1.54) is 70.6 Å². The van der Waals surface area contributed by atoms with Crippen molar-refractivity contribution in [2.75, 3.05) is 0 Å². The Bertz CT molecular complexity index is 244. The standard InChI is InChI=1S/C19H36O/c1-4-5-6-7-8-9-10-11-15-18-19(20-18)16-13-12-14-17(2)3/h13,16-19H,4-12,14-15H2,1-3H3/b16-13-/t18-,19+/m0/s1. The highest BCUT2D eigenvalue weighted by molar-refractivity contribution is 5.02. The van der Waals surface area contributed by atoms with Crippen molar-refractivity contribution in [2.24, 2.45) is 5.92 Å². The lowest BCUT2D eigenvalue weighted by Gasteiger charge is -2.00. The summed E-state index contributed by atoms with van der Waals surface area (Å²) in [4.78, 5) is 0. The van der Waals surface area contributed by atoms with E-state index < -0.39 is 0 Å². The fraction of sp³-hybridized carbons (Fsp3) is 0.895. The Balaban J connectivity index is 1.83. The molecule has 1 nitrogen and oxygen atoms in total. The molecular formula is C19H36O. The summed E-state index contributed by atoms with van der Waals surface area (Å²) < 4.78 is 5.70. The normalized spacial score (nSPS) is 22.0. The van der Waals surface area contributed by atoms with Crippen LogP contribution in [0.2, 0.25) is 0 Å². The molecule has 1 heteroatoms. The Hall–Kier alpha value is -0.300. The molecule has 20 heavy (non-hydrogen) atoms. The van der Waals surface area contributed by atoms with Crippen molar-refractivity contribution in [2.45, 2.75) is 104 Å². The summed E-state index contributed by atoms with van der Waals surface area (Å²) in [5.74, 6) is 0.813. The van der Waals surface area contributed by atoms with Crippen molar-refractivity contribution >= 4 is 0 Å². The molecule has 1 heterocycles. The smallest absolute Gasteiger partial charge is 0.102 e. The zero-order chi connectivity index (χ0) is 14.6. The second-order valence-corrected chi connectivity index (χ2v) is 6.80. The molecular weight excluding hydrogens is 244 g/mol. The Morgan fingerprint density at radius 2 is 1.60 bits per heavy atom. The zero-order valence-electron chi connectivity index (χ0n) is 14.1. The van der Waals surface area contributed by atoms with Crippen LogP contribution in [0, 0.1) is 5.92 Å². The molecule has 1 aliphatic heterocycles. The van der Waals surface area contributed by atoms with E-state index in [1.807, 2.05) is 0 Å². The molecule has 2 atom stereocenters. The summed E-state index contributed by atoms with van der Waals surface area (Å²) >= 11 is 0. The maximum absolute atomic E-state index is 5.70. The third-order valence-electron chi connectivity index (χ3n) is 4.20. The fourth-order valence-electron chi connectivity index (χ4n) is 2.70. The number of hydrogen-bond acceptors (Lipinski definition) is 1. The quantitative estimate of drug-likeness (QED) is 0.220. The molecule has 1 saturated heterocycles. The van der Waals surface area contributed by atoms with Crippen LogP contribution >= 0.6 is 0 Å². The van der Waals surface area contributed by atoms with Crippen LogP contribution in [0.4, 0.5) is 0 Å². The maximum atomic E-state index is 5.70. The second-order valence-electron chi connectivity index (χ2n) is 6.80. The second kappa shape index (κ2) is 11.4. The molecule has 0 bridgehead atoms. The van der Waals surface area contributed by atoms with E-state index in [4.69, 9.17) is 4.74 Å². The highest BCUT2D eigenvalue weighted by Crippen LogP contribution is 2.29. The monoisotopic (exact) mass is 280 g/mol. The van der Waals surface area contributed by atoms with Gasteiger partial charge in [-0.1, -0.05) is 84.3 Å². The number of rotatable bonds is 13. The number of ether oxygens (including phenoxy) is 1. The highest BCUT2D eigenvalue weighted by Gasteiger charge is 2.35. The minimum atomic E-state index is 0.451. The highest BCUT2D eigenvalue weighted by atomic mass is 16.6. The lowest BCUT2D eigenvalue weighted by Crippen LogP contribution is -1.91. The summed E-state index contributed by atoms with van der Waals surface area (Å²) in [7, 11) is 0. The molecule has 1 rings (SSSR count). The predicted molar refractivity (Wildman–Crippen MR) is 89.1 cm³/mol. The van der Waals surface area contributed by atoms with Gasteiger partial charge in [0.2, 0.25) is 0 Å². The predicted octanol–water partition coefficient (Wildman–Crippen LogP) is 6.28. The first-order valence-corrected chi connectivity index (χ1v) is 9.06. The molecule has 1 aliphatic rings. The molecule has 0 saturated carbocycles. The molecule has 0 aliphatic carbocycles. The van der Waals surface area contributed by atoms with Crippen molar-refractivity contribution in [1.82, 2.24) is 0 Å². The van der Waals surface area contributed by atoms with E-state index >= 15 is 0 Å². The van der Waals surface area contributed by atoms with Crippen LogP contribution in [-0.4, -0.2) is 12.2 Å². The number of hydrogen-bond donors (Lipinski definition) is 0. The largest absolute Gasteiger partial charge is 0.365 e. The van der Waals surface area contributed by atoms with Crippen molar-refractivity contribution < 1.29 is 4.74 Å². The van der Waals surface area contributed by atoms with Gasteiger partial charge in [-0.05, 0) is 25.2 Å². The number of unbranched alkanes of at least 4 members (excludes halogenated alkanes) is 7. The Morgan fingerprint density at radius 1 is 0.950 bits per heavy atom. The van der Waals surface area contributed by atoms with E-state index in [1.54, 1.807) is 0 Å². The van der Waals surface area contributed by atoms with Crippen molar-refractivity contribution in [3.8, 4) is 0 Å². The summed E-state index contributed by atoms with van der Waals surface area (Å²) in [5, 5.41) is 0. The topological polar surface area (TPSA) is 12.5 Å². The van der Waals surface area contributed by atoms with Crippen LogP contribution in [0.15, 0.2) is 12.2 Å². The van der Waals surface area contributed by atoms with Crippen LogP contribution < -0.4 is 0 Å². The molecule has 0 spiro atoms. The van der Waals surface area contributed by atoms with Crippen molar-refractivity contribution in [3.05, 3.63) is 12.2 Å². The average Bonchev–Trinajstić information content (AvgIpc) is 3.16. The van der Waals surface area contributed by atoms with Gasteiger partial charge in [0, 0.05) is 0 Å². The van der Waals surface area contributed by atoms with Crippen LogP contribution in [0.3, 0.4) is 0 Å². The Morgan fingerprint density at radius 3 is 2.25 bits per heavy atom. The lowest BCUT2D eigenvalue weighted by molar-refractivity contribution is 0.372. The maximum Gasteiger partial charge on any atom is 0.102 e. The summed E-state index contributed by atoms with van der Waals surface area (Å²) in [5.41, 5.74) is 0. The first kappa shape index (κ1) is 17.8. The van der Waals surface area contributed by atoms with Gasteiger partial charge in [0.1, 0.15) is 6.10 Å². The lowest BCUT2D eigenvalue weighted by atomic mass is 10.1. The first-order valence-electron chi connectivity index (χ1n) is 9.06. The van der Waals surface area contributed by atoms with Crippen LogP contribution in [0.25, 0.3) is 0 Å². The average molecular weight is 280 g/mol. The molecule has 0 aromatic heterocycles. The fourth-order valence-corrected chi connectivity index (χ4v) is 2.70. The molecule has 0 N–H and O–H groups in total. The molecule has 1 fully saturated rings. The van der Waals surface area contributed by atoms with Gasteiger partial charge < -0.3 is 4.74 Å². The minimum absolute atomic E-state index is 0.451. The zero-order valence-corrected chi connectivity index (χ0v) is 14.1. The first-order chi connectivity index (χ1) is 9.74. The van der Waals surface area contributed by atoms with Gasteiger partial charge >= 0.3 is 0 Å². The minimum Gasteiger partial charge on any atom is -0.365 e. The van der Waals surface area contributed by atoms with Gasteiger partial charge in [0.15, 0.2) is 0 Å². The molecule has 0 radical (unpaired) electrons. The molecule has 0 unspecified atom stereocenters. The Kier molecular flexibility index (Phi) is 10.1. The molecule has 0 aromatic rings. The van der Waals surface area contributed by atoms with E-state index in [9.17, 15) is 0 Å². The number of epoxide rings is 1. The van der Waals surface area contributed by atoms with Gasteiger partial charge in [-0.3, -0.25) is 0 Å². The number of allylic oxidation sites excluding steroid dienone is 1. The van der Waals surface area contributed by atoms with E-state index in [2.05, 4.69) is 32.9 Å². The van der Waals surface area contributed by atoms with Gasteiger partial charge in [0.05, 0.1) is 6.10 Å². The summed E-state index contributed by atoms with van der Waals surface area (Å²) in [6.07, 6.45) is 20.6. The third kappa shape index (κ3) is 9.58. The van der Waals surface area contributed by atoms with Crippen molar-refractivity contribution in [1.29, 1.82) is 0 Å². The van der Waals surface area contributed by atoms with E-state index in [0.29, 0.717) is 12.2 Å². The van der Waals surface area contributed by atoms with Crippen LogP contribution in [0.1, 0.15) is 91.4 Å². The third-order valence-corrected chi connectivity index (χ3v) is 4.20. The molecule has 0 aromatic carbocycles. The van der Waals surface area contributed by atoms with Gasteiger partial charge in [0.25, 0.3) is 0 Å². The summed E-state index contributed by atoms with van der Waals surface area (Å²) in [6, 6.07) is 0. The van der Waals surface area contributed by atoms with Gasteiger partial charge in [-0.2, -0.15) is 0 Å². The van der Waals surface area contributed by atoms with Crippen molar-refractivity contribution in [3.63, 3.8) is 0 Å². The summed E-state index contributed by atoms with van der Waals surface area (Å²) in [6.45, 7) is 6.85.